The summed E-state index contributed by atoms with van der Waals surface area (Å²) in [6.07, 6.45) is -2.92. The van der Waals surface area contributed by atoms with Gasteiger partial charge in [0.05, 0.1) is 11.1 Å². The zero-order chi connectivity index (χ0) is 18.0. The van der Waals surface area contributed by atoms with Crippen molar-refractivity contribution in [1.82, 2.24) is 4.90 Å². The fourth-order valence-corrected chi connectivity index (χ4v) is 3.03. The third-order valence-corrected chi connectivity index (χ3v) is 4.36. The number of carbonyl (C=O) groups excluding carboxylic acids is 1. The molecule has 2 N–H and O–H groups in total. The van der Waals surface area contributed by atoms with E-state index in [1.54, 1.807) is 17.9 Å². The molecule has 1 aliphatic rings. The van der Waals surface area contributed by atoms with E-state index in [1.807, 2.05) is 11.8 Å². The summed E-state index contributed by atoms with van der Waals surface area (Å²) >= 11 is 0. The number of benzene rings is 1. The maximum Gasteiger partial charge on any atom is 0.416 e. The van der Waals surface area contributed by atoms with Crippen LogP contribution in [0.2, 0.25) is 0 Å². The Morgan fingerprint density at radius 1 is 1.20 bits per heavy atom. The fraction of sp³-hybridized carbons (Fsp3) is 0.588. The molecule has 1 fully saturated rings. The number of nitrogens with zero attached hydrogens (tertiary/aromatic N) is 2. The van der Waals surface area contributed by atoms with E-state index in [4.69, 9.17) is 5.73 Å². The Morgan fingerprint density at radius 2 is 1.80 bits per heavy atom. The molecule has 0 saturated carbocycles. The Balaban J connectivity index is 0.00000312. The number of halogens is 4. The minimum atomic E-state index is -4.35. The largest absolute Gasteiger partial charge is 0.416 e. The molecule has 1 aromatic rings. The van der Waals surface area contributed by atoms with Gasteiger partial charge >= 0.3 is 6.18 Å². The second-order valence-electron chi connectivity index (χ2n) is 6.49. The van der Waals surface area contributed by atoms with Crippen LogP contribution >= 0.6 is 12.4 Å². The lowest BCUT2D eigenvalue weighted by Gasteiger charge is -2.39. The Bertz CT molecular complexity index is 585. The number of piperazine rings is 1. The van der Waals surface area contributed by atoms with Crippen LogP contribution in [0.1, 0.15) is 32.3 Å². The predicted octanol–water partition coefficient (Wildman–Crippen LogP) is 3.29. The molecular weight excluding hydrogens is 355 g/mol. The second-order valence-corrected chi connectivity index (χ2v) is 6.49. The van der Waals surface area contributed by atoms with Crippen molar-refractivity contribution in [1.29, 1.82) is 0 Å². The van der Waals surface area contributed by atoms with Crippen molar-refractivity contribution in [2.24, 2.45) is 5.73 Å². The van der Waals surface area contributed by atoms with Gasteiger partial charge in [-0.05, 0) is 31.5 Å². The molecule has 1 aliphatic heterocycles. The van der Waals surface area contributed by atoms with Crippen LogP contribution in [0.15, 0.2) is 24.3 Å². The van der Waals surface area contributed by atoms with Crippen molar-refractivity contribution >= 4 is 24.0 Å². The molecule has 2 rings (SSSR count). The van der Waals surface area contributed by atoms with Crippen molar-refractivity contribution < 1.29 is 18.0 Å². The number of amides is 1. The lowest BCUT2D eigenvalue weighted by atomic mass is 9.95. The first kappa shape index (κ1) is 21.6. The monoisotopic (exact) mass is 379 g/mol. The predicted molar refractivity (Wildman–Crippen MR) is 95.0 cm³/mol. The SMILES string of the molecule is CCCC(C)(N)C(=O)N1CCN(c2cccc(C(F)(F)F)c2)CC1.Cl. The number of nitrogens with two attached hydrogens (primary N) is 1. The number of rotatable bonds is 4. The molecule has 0 radical (unpaired) electrons. The first-order valence-corrected chi connectivity index (χ1v) is 8.15. The van der Waals surface area contributed by atoms with Gasteiger partial charge in [0, 0.05) is 31.9 Å². The summed E-state index contributed by atoms with van der Waals surface area (Å²) < 4.78 is 38.5. The van der Waals surface area contributed by atoms with Gasteiger partial charge in [-0.2, -0.15) is 13.2 Å². The van der Waals surface area contributed by atoms with Gasteiger partial charge < -0.3 is 15.5 Å². The number of hydrogen-bond acceptors (Lipinski definition) is 3. The van der Waals surface area contributed by atoms with E-state index in [0.29, 0.717) is 38.3 Å². The lowest BCUT2D eigenvalue weighted by Crippen LogP contribution is -2.58. The quantitative estimate of drug-likeness (QED) is 0.873. The van der Waals surface area contributed by atoms with Crippen LogP contribution in [0.4, 0.5) is 18.9 Å². The van der Waals surface area contributed by atoms with E-state index in [9.17, 15) is 18.0 Å². The molecule has 1 amide bonds. The highest BCUT2D eigenvalue weighted by molar-refractivity contribution is 5.86. The zero-order valence-electron chi connectivity index (χ0n) is 14.5. The van der Waals surface area contributed by atoms with Crippen LogP contribution in [0.5, 0.6) is 0 Å². The topological polar surface area (TPSA) is 49.6 Å². The van der Waals surface area contributed by atoms with Gasteiger partial charge in [0.25, 0.3) is 0 Å². The molecule has 4 nitrogen and oxygen atoms in total. The van der Waals surface area contributed by atoms with E-state index in [1.165, 1.54) is 6.07 Å². The van der Waals surface area contributed by atoms with Gasteiger partial charge in [-0.15, -0.1) is 12.4 Å². The number of hydrogen-bond donors (Lipinski definition) is 1. The highest BCUT2D eigenvalue weighted by atomic mass is 35.5. The van der Waals surface area contributed by atoms with E-state index in [0.717, 1.165) is 18.6 Å². The fourth-order valence-electron chi connectivity index (χ4n) is 3.03. The summed E-state index contributed by atoms with van der Waals surface area (Å²) in [4.78, 5) is 16.0. The summed E-state index contributed by atoms with van der Waals surface area (Å²) in [6, 6.07) is 5.29. The summed E-state index contributed by atoms with van der Waals surface area (Å²) in [7, 11) is 0. The maximum absolute atomic E-state index is 12.8. The van der Waals surface area contributed by atoms with E-state index in [-0.39, 0.29) is 18.3 Å². The third-order valence-electron chi connectivity index (χ3n) is 4.36. The Hall–Kier alpha value is -1.47. The van der Waals surface area contributed by atoms with Gasteiger partial charge in [0.1, 0.15) is 0 Å². The molecule has 0 aromatic heterocycles. The number of alkyl halides is 3. The van der Waals surface area contributed by atoms with Gasteiger partial charge in [-0.25, -0.2) is 0 Å². The van der Waals surface area contributed by atoms with E-state index >= 15 is 0 Å². The molecule has 0 bridgehead atoms. The molecule has 1 atom stereocenters. The maximum atomic E-state index is 12.8. The Morgan fingerprint density at radius 3 is 2.32 bits per heavy atom. The van der Waals surface area contributed by atoms with Crippen LogP contribution in [0.3, 0.4) is 0 Å². The summed E-state index contributed by atoms with van der Waals surface area (Å²) in [5, 5.41) is 0. The van der Waals surface area contributed by atoms with Crippen LogP contribution in [-0.2, 0) is 11.0 Å². The molecule has 0 aliphatic carbocycles. The van der Waals surface area contributed by atoms with Gasteiger partial charge in [0.2, 0.25) is 5.91 Å². The highest BCUT2D eigenvalue weighted by Gasteiger charge is 2.34. The second kappa shape index (κ2) is 8.27. The van der Waals surface area contributed by atoms with Crippen molar-refractivity contribution in [3.8, 4) is 0 Å². The van der Waals surface area contributed by atoms with E-state index in [2.05, 4.69) is 0 Å². The van der Waals surface area contributed by atoms with Crippen LogP contribution in [0.25, 0.3) is 0 Å². The summed E-state index contributed by atoms with van der Waals surface area (Å²) in [5.41, 5.74) is 5.08. The molecule has 0 spiro atoms. The third kappa shape index (κ3) is 5.25. The van der Waals surface area contributed by atoms with Crippen molar-refractivity contribution in [2.75, 3.05) is 31.1 Å². The van der Waals surface area contributed by atoms with Gasteiger partial charge in [0.15, 0.2) is 0 Å². The average molecular weight is 380 g/mol. The molecule has 1 saturated heterocycles. The minimum Gasteiger partial charge on any atom is -0.368 e. The first-order chi connectivity index (χ1) is 11.1. The zero-order valence-corrected chi connectivity index (χ0v) is 15.3. The number of carbonyl (C=O) groups is 1. The number of anilines is 1. The van der Waals surface area contributed by atoms with Crippen LogP contribution < -0.4 is 10.6 Å². The molecular formula is C17H25ClF3N3O. The van der Waals surface area contributed by atoms with Gasteiger partial charge in [-0.3, -0.25) is 4.79 Å². The lowest BCUT2D eigenvalue weighted by molar-refractivity contribution is -0.137. The molecule has 1 aromatic carbocycles. The van der Waals surface area contributed by atoms with Crippen molar-refractivity contribution in [3.05, 3.63) is 29.8 Å². The molecule has 25 heavy (non-hydrogen) atoms. The van der Waals surface area contributed by atoms with Crippen molar-refractivity contribution in [3.63, 3.8) is 0 Å². The highest BCUT2D eigenvalue weighted by Crippen LogP contribution is 2.32. The average Bonchev–Trinajstić information content (AvgIpc) is 2.53. The standard InChI is InChI=1S/C17H24F3N3O.ClH/c1-3-7-16(2,21)15(24)23-10-8-22(9-11-23)14-6-4-5-13(12-14)17(18,19)20;/h4-6,12H,3,7-11,21H2,1-2H3;1H. The van der Waals surface area contributed by atoms with Crippen molar-refractivity contribution in [2.45, 2.75) is 38.4 Å². The normalized spacial score (nSPS) is 17.7. The summed E-state index contributed by atoms with van der Waals surface area (Å²) in [6.45, 7) is 5.63. The minimum absolute atomic E-state index is 0. The first-order valence-electron chi connectivity index (χ1n) is 8.15. The van der Waals surface area contributed by atoms with Crippen LogP contribution in [0, 0.1) is 0 Å². The van der Waals surface area contributed by atoms with E-state index < -0.39 is 17.3 Å². The van der Waals surface area contributed by atoms with Crippen LogP contribution in [-0.4, -0.2) is 42.5 Å². The van der Waals surface area contributed by atoms with Gasteiger partial charge in [-0.1, -0.05) is 19.4 Å². The molecule has 142 valence electrons. The summed E-state index contributed by atoms with van der Waals surface area (Å²) in [5.74, 6) is -0.0898. The molecule has 8 heteroatoms. The molecule has 1 unspecified atom stereocenters. The smallest absolute Gasteiger partial charge is 0.368 e. The Kier molecular flexibility index (Phi) is 7.14. The Labute approximate surface area is 152 Å². The molecule has 1 heterocycles.